The third-order valence-corrected chi connectivity index (χ3v) is 4.82. The van der Waals surface area contributed by atoms with Crippen molar-refractivity contribution in [1.29, 1.82) is 0 Å². The first-order valence-electron chi connectivity index (χ1n) is 9.26. The molecular weight excluding hydrogens is 348 g/mol. The predicted octanol–water partition coefficient (Wildman–Crippen LogP) is 5.51. The van der Waals surface area contributed by atoms with Gasteiger partial charge in [0, 0.05) is 5.56 Å². The molecule has 1 unspecified atom stereocenters. The van der Waals surface area contributed by atoms with Crippen molar-refractivity contribution in [3.05, 3.63) is 108 Å². The number of aliphatic hydroxyl groups excluding tert-OH is 1. The van der Waals surface area contributed by atoms with Crippen molar-refractivity contribution in [2.75, 3.05) is 7.11 Å². The lowest BCUT2D eigenvalue weighted by Crippen LogP contribution is -2.05. The van der Waals surface area contributed by atoms with Crippen LogP contribution in [0.4, 0.5) is 0 Å². The first kappa shape index (κ1) is 18.1. The molecule has 0 aliphatic rings. The molecule has 4 rings (SSSR count). The highest BCUT2D eigenvalue weighted by atomic mass is 16.5. The van der Waals surface area contributed by atoms with Crippen LogP contribution in [0.5, 0.6) is 11.5 Å². The molecule has 0 radical (unpaired) electrons. The monoisotopic (exact) mass is 370 g/mol. The summed E-state index contributed by atoms with van der Waals surface area (Å²) in [5.74, 6) is 1.46. The van der Waals surface area contributed by atoms with Crippen LogP contribution in [-0.2, 0) is 6.61 Å². The smallest absolute Gasteiger partial charge is 0.126 e. The minimum Gasteiger partial charge on any atom is -0.497 e. The van der Waals surface area contributed by atoms with Crippen LogP contribution in [-0.4, -0.2) is 12.2 Å². The molecule has 0 heterocycles. The van der Waals surface area contributed by atoms with Crippen molar-refractivity contribution >= 4 is 10.8 Å². The van der Waals surface area contributed by atoms with Crippen molar-refractivity contribution in [2.24, 2.45) is 0 Å². The maximum absolute atomic E-state index is 11.0. The molecule has 4 aromatic rings. The van der Waals surface area contributed by atoms with E-state index in [1.807, 2.05) is 91.0 Å². The highest BCUT2D eigenvalue weighted by Gasteiger charge is 2.17. The molecule has 3 nitrogen and oxygen atoms in total. The number of aliphatic hydroxyl groups is 1. The number of benzene rings is 4. The molecule has 1 N–H and O–H groups in total. The molecule has 0 bridgehead atoms. The average molecular weight is 370 g/mol. The minimum absolute atomic E-state index is 0.441. The first-order valence-corrected chi connectivity index (χ1v) is 9.26. The van der Waals surface area contributed by atoms with Crippen molar-refractivity contribution in [1.82, 2.24) is 0 Å². The molecule has 0 fully saturated rings. The molecule has 0 aromatic heterocycles. The van der Waals surface area contributed by atoms with Crippen molar-refractivity contribution in [3.8, 4) is 11.5 Å². The topological polar surface area (TPSA) is 38.7 Å². The standard InChI is InChI=1S/C25H22O3/c1-27-22-13-12-20-16-24(28-17-18-8-4-2-5-9-18)23(15-21(20)14-22)25(26)19-10-6-3-7-11-19/h2-16,25-26H,17H2,1H3. The van der Waals surface area contributed by atoms with Crippen LogP contribution < -0.4 is 9.47 Å². The second kappa shape index (κ2) is 8.15. The van der Waals surface area contributed by atoms with E-state index in [9.17, 15) is 5.11 Å². The van der Waals surface area contributed by atoms with Gasteiger partial charge in [-0.15, -0.1) is 0 Å². The summed E-state index contributed by atoms with van der Waals surface area (Å²) < 4.78 is 11.5. The van der Waals surface area contributed by atoms with Crippen LogP contribution in [0.2, 0.25) is 0 Å². The van der Waals surface area contributed by atoms with Crippen molar-refractivity contribution in [2.45, 2.75) is 12.7 Å². The first-order chi connectivity index (χ1) is 13.7. The normalized spacial score (nSPS) is 11.9. The fourth-order valence-corrected chi connectivity index (χ4v) is 3.29. The summed E-state index contributed by atoms with van der Waals surface area (Å²) in [5, 5.41) is 13.1. The summed E-state index contributed by atoms with van der Waals surface area (Å²) in [6.07, 6.45) is -0.775. The van der Waals surface area contributed by atoms with Gasteiger partial charge in [-0.25, -0.2) is 0 Å². The van der Waals surface area contributed by atoms with E-state index in [2.05, 4.69) is 0 Å². The lowest BCUT2D eigenvalue weighted by Gasteiger charge is -2.18. The van der Waals surface area contributed by atoms with Gasteiger partial charge in [-0.05, 0) is 46.2 Å². The Morgan fingerprint density at radius 3 is 2.21 bits per heavy atom. The van der Waals surface area contributed by atoms with E-state index in [4.69, 9.17) is 9.47 Å². The molecular formula is C25H22O3. The zero-order chi connectivity index (χ0) is 19.3. The van der Waals surface area contributed by atoms with Crippen LogP contribution in [0, 0.1) is 0 Å². The lowest BCUT2D eigenvalue weighted by molar-refractivity contribution is 0.209. The summed E-state index contributed by atoms with van der Waals surface area (Å²) in [4.78, 5) is 0. The van der Waals surface area contributed by atoms with E-state index in [0.717, 1.165) is 33.2 Å². The third kappa shape index (κ3) is 3.85. The van der Waals surface area contributed by atoms with Gasteiger partial charge in [0.05, 0.1) is 7.11 Å². The van der Waals surface area contributed by atoms with Gasteiger partial charge < -0.3 is 14.6 Å². The van der Waals surface area contributed by atoms with Crippen molar-refractivity contribution < 1.29 is 14.6 Å². The van der Waals surface area contributed by atoms with Gasteiger partial charge in [-0.2, -0.15) is 0 Å². The predicted molar refractivity (Wildman–Crippen MR) is 112 cm³/mol. The second-order valence-corrected chi connectivity index (χ2v) is 6.69. The van der Waals surface area contributed by atoms with Crippen LogP contribution in [0.3, 0.4) is 0 Å². The highest BCUT2D eigenvalue weighted by molar-refractivity contribution is 5.86. The third-order valence-electron chi connectivity index (χ3n) is 4.82. The molecule has 0 spiro atoms. The average Bonchev–Trinajstić information content (AvgIpc) is 2.77. The van der Waals surface area contributed by atoms with Gasteiger partial charge >= 0.3 is 0 Å². The van der Waals surface area contributed by atoms with Gasteiger partial charge in [0.2, 0.25) is 0 Å². The van der Waals surface area contributed by atoms with Gasteiger partial charge in [-0.3, -0.25) is 0 Å². The van der Waals surface area contributed by atoms with E-state index >= 15 is 0 Å². The number of ether oxygens (including phenoxy) is 2. The Morgan fingerprint density at radius 2 is 1.50 bits per heavy atom. The molecule has 3 heteroatoms. The fraction of sp³-hybridized carbons (Fsp3) is 0.120. The number of rotatable bonds is 6. The maximum atomic E-state index is 11.0. The Labute approximate surface area is 164 Å². The summed E-state index contributed by atoms with van der Waals surface area (Å²) >= 11 is 0. The zero-order valence-corrected chi connectivity index (χ0v) is 15.7. The Bertz CT molecular complexity index is 1060. The highest BCUT2D eigenvalue weighted by Crippen LogP contribution is 2.35. The minimum atomic E-state index is -0.775. The number of methoxy groups -OCH3 is 1. The molecule has 4 aromatic carbocycles. The van der Waals surface area contributed by atoms with Crippen LogP contribution in [0.15, 0.2) is 91.0 Å². The van der Waals surface area contributed by atoms with Crippen LogP contribution in [0.25, 0.3) is 10.8 Å². The number of hydrogen-bond donors (Lipinski definition) is 1. The molecule has 0 saturated heterocycles. The Kier molecular flexibility index (Phi) is 5.27. The molecule has 28 heavy (non-hydrogen) atoms. The van der Waals surface area contributed by atoms with E-state index in [1.165, 1.54) is 0 Å². The Balaban J connectivity index is 1.76. The summed E-state index contributed by atoms with van der Waals surface area (Å²) in [6, 6.07) is 29.5. The quantitative estimate of drug-likeness (QED) is 0.486. The van der Waals surface area contributed by atoms with Gasteiger partial charge in [0.15, 0.2) is 0 Å². The fourth-order valence-electron chi connectivity index (χ4n) is 3.29. The number of hydrogen-bond acceptors (Lipinski definition) is 3. The molecule has 1 atom stereocenters. The van der Waals surface area contributed by atoms with Gasteiger partial charge in [0.25, 0.3) is 0 Å². The van der Waals surface area contributed by atoms with E-state index in [-0.39, 0.29) is 0 Å². The number of fused-ring (bicyclic) bond motifs is 1. The maximum Gasteiger partial charge on any atom is 0.126 e. The summed E-state index contributed by atoms with van der Waals surface area (Å²) in [5.41, 5.74) is 2.65. The van der Waals surface area contributed by atoms with Crippen LogP contribution in [0.1, 0.15) is 22.8 Å². The SMILES string of the molecule is COc1ccc2cc(OCc3ccccc3)c(C(O)c3ccccc3)cc2c1. The molecule has 140 valence electrons. The van der Waals surface area contributed by atoms with E-state index in [0.29, 0.717) is 12.4 Å². The molecule has 0 amide bonds. The Hall–Kier alpha value is -3.30. The second-order valence-electron chi connectivity index (χ2n) is 6.69. The molecule has 0 saturated carbocycles. The lowest BCUT2D eigenvalue weighted by atomic mass is 9.97. The molecule has 0 aliphatic carbocycles. The van der Waals surface area contributed by atoms with Crippen molar-refractivity contribution in [3.63, 3.8) is 0 Å². The van der Waals surface area contributed by atoms with Gasteiger partial charge in [-0.1, -0.05) is 66.7 Å². The largest absolute Gasteiger partial charge is 0.497 e. The molecule has 0 aliphatic heterocycles. The van der Waals surface area contributed by atoms with E-state index in [1.54, 1.807) is 7.11 Å². The van der Waals surface area contributed by atoms with E-state index < -0.39 is 6.10 Å². The Morgan fingerprint density at radius 1 is 0.786 bits per heavy atom. The summed E-state index contributed by atoms with van der Waals surface area (Å²) in [7, 11) is 1.65. The van der Waals surface area contributed by atoms with Gasteiger partial charge in [0.1, 0.15) is 24.2 Å². The zero-order valence-electron chi connectivity index (χ0n) is 15.7. The van der Waals surface area contributed by atoms with Crippen LogP contribution >= 0.6 is 0 Å². The summed E-state index contributed by atoms with van der Waals surface area (Å²) in [6.45, 7) is 0.441.